The molecule has 0 aliphatic carbocycles. The molecule has 3 aromatic rings. The molecule has 0 amide bonds. The van der Waals surface area contributed by atoms with Gasteiger partial charge in [-0.25, -0.2) is 18.2 Å². The smallest absolute Gasteiger partial charge is 0.338 e. The third-order valence-electron chi connectivity index (χ3n) is 3.61. The van der Waals surface area contributed by atoms with E-state index in [2.05, 4.69) is 15.2 Å². The van der Waals surface area contributed by atoms with Crippen molar-refractivity contribution < 1.29 is 21.4 Å². The molecule has 25 heavy (non-hydrogen) atoms. The lowest BCUT2D eigenvalue weighted by atomic mass is 10.2. The summed E-state index contributed by atoms with van der Waals surface area (Å²) in [5.74, 6) is -1.81. The van der Waals surface area contributed by atoms with Gasteiger partial charge in [-0.2, -0.15) is 8.42 Å². The third-order valence-corrected chi connectivity index (χ3v) is 4.06. The number of hydrogen-bond acceptors (Lipinski definition) is 7. The van der Waals surface area contributed by atoms with Gasteiger partial charge in [-0.3, -0.25) is 0 Å². The first-order valence-electron chi connectivity index (χ1n) is 7.43. The molecule has 8 nitrogen and oxygen atoms in total. The summed E-state index contributed by atoms with van der Waals surface area (Å²) in [6.07, 6.45) is 0.850. The molecular formula is C14H15F2N5O3S. The van der Waals surface area contributed by atoms with Crippen LogP contribution in [0.2, 0.25) is 0 Å². The highest BCUT2D eigenvalue weighted by Gasteiger charge is 2.22. The maximum Gasteiger partial charge on any atom is 0.338 e. The van der Waals surface area contributed by atoms with Crippen LogP contribution in [0, 0.1) is 11.6 Å². The Morgan fingerprint density at radius 2 is 1.80 bits per heavy atom. The van der Waals surface area contributed by atoms with E-state index >= 15 is 0 Å². The number of anilines is 1. The average Bonchev–Trinajstić information content (AvgIpc) is 2.92. The second-order valence-corrected chi connectivity index (χ2v) is 6.87. The molecule has 11 heteroatoms. The van der Waals surface area contributed by atoms with Gasteiger partial charge < -0.3 is 9.08 Å². The molecule has 0 radical (unpaired) electrons. The summed E-state index contributed by atoms with van der Waals surface area (Å²) in [4.78, 5) is 6.18. The van der Waals surface area contributed by atoms with Gasteiger partial charge in [0, 0.05) is 25.2 Å². The number of hydrogen-bond donors (Lipinski definition) is 0. The first-order chi connectivity index (χ1) is 11.7. The Morgan fingerprint density at radius 3 is 2.40 bits per heavy atom. The predicted molar refractivity (Wildman–Crippen MR) is 87.2 cm³/mol. The summed E-state index contributed by atoms with van der Waals surface area (Å²) in [7, 11) is -3.89. The minimum Gasteiger partial charge on any atom is -0.354 e. The molecule has 0 saturated carbocycles. The molecule has 1 aromatic carbocycles. The maximum absolute atomic E-state index is 13.7. The van der Waals surface area contributed by atoms with Gasteiger partial charge in [-0.1, -0.05) is 5.10 Å². The van der Waals surface area contributed by atoms with Gasteiger partial charge in [0.25, 0.3) is 0 Å². The van der Waals surface area contributed by atoms with Crippen LogP contribution in [-0.4, -0.2) is 47.3 Å². The summed E-state index contributed by atoms with van der Waals surface area (Å²) < 4.78 is 56.3. The van der Waals surface area contributed by atoms with E-state index < -0.39 is 21.8 Å². The zero-order valence-electron chi connectivity index (χ0n) is 13.7. The highest BCUT2D eigenvalue weighted by molar-refractivity contribution is 7.86. The lowest BCUT2D eigenvalue weighted by Gasteiger charge is -2.20. The molecular weight excluding hydrogens is 356 g/mol. The molecule has 0 aliphatic heterocycles. The lowest BCUT2D eigenvalue weighted by Crippen LogP contribution is -2.24. The molecule has 2 heterocycles. The monoisotopic (exact) mass is 371 g/mol. The zero-order chi connectivity index (χ0) is 18.4. The predicted octanol–water partition coefficient (Wildman–Crippen LogP) is 1.74. The van der Waals surface area contributed by atoms with E-state index in [1.807, 2.05) is 18.7 Å². The van der Waals surface area contributed by atoms with Gasteiger partial charge in [0.2, 0.25) is 5.65 Å². The standard InChI is InChI=1S/C14H15F2N5O3S/c1-4-20(5-2)12-13-18-19-14(24-25(3,22)23)21(13)11-7-9(16)8(15)6-10(11)17-12/h6-7H,4-5H2,1-3H3. The number of halogens is 2. The van der Waals surface area contributed by atoms with Crippen molar-refractivity contribution in [2.45, 2.75) is 13.8 Å². The SMILES string of the molecule is CCN(CC)c1nc2cc(F)c(F)cc2n2c(OS(C)(=O)=O)nnc12. The molecule has 0 fully saturated rings. The van der Waals surface area contributed by atoms with E-state index in [4.69, 9.17) is 4.18 Å². The van der Waals surface area contributed by atoms with Crippen LogP contribution in [0.15, 0.2) is 12.1 Å². The molecule has 134 valence electrons. The fourth-order valence-corrected chi connectivity index (χ4v) is 2.89. The third kappa shape index (κ3) is 3.06. The number of benzene rings is 1. The van der Waals surface area contributed by atoms with Gasteiger partial charge in [0.15, 0.2) is 17.5 Å². The van der Waals surface area contributed by atoms with E-state index in [9.17, 15) is 17.2 Å². The number of rotatable bonds is 5. The Hall–Kier alpha value is -2.56. The molecule has 0 saturated heterocycles. The molecule has 3 rings (SSSR count). The maximum atomic E-state index is 13.7. The first kappa shape index (κ1) is 17.3. The van der Waals surface area contributed by atoms with Crippen LogP contribution < -0.4 is 9.08 Å². The minimum atomic E-state index is -3.89. The largest absolute Gasteiger partial charge is 0.354 e. The minimum absolute atomic E-state index is 0.0912. The quantitative estimate of drug-likeness (QED) is 0.631. The van der Waals surface area contributed by atoms with E-state index in [1.165, 1.54) is 4.40 Å². The van der Waals surface area contributed by atoms with E-state index in [0.29, 0.717) is 18.9 Å². The summed E-state index contributed by atoms with van der Waals surface area (Å²) in [6.45, 7) is 4.93. The Kier molecular flexibility index (Phi) is 4.19. The fraction of sp³-hybridized carbons (Fsp3) is 0.357. The fourth-order valence-electron chi connectivity index (χ4n) is 2.52. The van der Waals surface area contributed by atoms with Crippen LogP contribution in [-0.2, 0) is 10.1 Å². The van der Waals surface area contributed by atoms with Crippen molar-refractivity contribution in [1.29, 1.82) is 0 Å². The van der Waals surface area contributed by atoms with Gasteiger partial charge in [0.05, 0.1) is 17.3 Å². The van der Waals surface area contributed by atoms with E-state index in [0.717, 1.165) is 18.4 Å². The number of fused-ring (bicyclic) bond motifs is 3. The summed E-state index contributed by atoms with van der Waals surface area (Å²) in [6, 6.07) is 1.46. The van der Waals surface area contributed by atoms with Crippen molar-refractivity contribution >= 4 is 32.6 Å². The second kappa shape index (κ2) is 6.06. The van der Waals surface area contributed by atoms with Crippen molar-refractivity contribution in [3.63, 3.8) is 0 Å². The molecule has 0 bridgehead atoms. The Morgan fingerprint density at radius 1 is 1.16 bits per heavy atom. The topological polar surface area (TPSA) is 89.7 Å². The highest BCUT2D eigenvalue weighted by Crippen LogP contribution is 2.28. The molecule has 0 N–H and O–H groups in total. The van der Waals surface area contributed by atoms with Crippen LogP contribution in [0.25, 0.3) is 16.7 Å². The molecule has 0 spiro atoms. The van der Waals surface area contributed by atoms with Crippen molar-refractivity contribution in [3.8, 4) is 6.01 Å². The van der Waals surface area contributed by atoms with Crippen LogP contribution >= 0.6 is 0 Å². The zero-order valence-corrected chi connectivity index (χ0v) is 14.5. The van der Waals surface area contributed by atoms with Gasteiger partial charge in [-0.05, 0) is 13.8 Å². The average molecular weight is 371 g/mol. The van der Waals surface area contributed by atoms with Gasteiger partial charge in [-0.15, -0.1) is 5.10 Å². The van der Waals surface area contributed by atoms with Crippen LogP contribution in [0.3, 0.4) is 0 Å². The first-order valence-corrected chi connectivity index (χ1v) is 9.25. The summed E-state index contributed by atoms with van der Waals surface area (Å²) in [5, 5.41) is 7.65. The summed E-state index contributed by atoms with van der Waals surface area (Å²) >= 11 is 0. The summed E-state index contributed by atoms with van der Waals surface area (Å²) in [5.41, 5.74) is 0.390. The van der Waals surface area contributed by atoms with Crippen molar-refractivity contribution in [2.24, 2.45) is 0 Å². The second-order valence-electron chi connectivity index (χ2n) is 5.29. The molecule has 2 aromatic heterocycles. The van der Waals surface area contributed by atoms with Crippen LogP contribution in [0.4, 0.5) is 14.6 Å². The lowest BCUT2D eigenvalue weighted by molar-refractivity contribution is 0.468. The Bertz CT molecular complexity index is 1060. The molecule has 0 atom stereocenters. The van der Waals surface area contributed by atoms with Crippen LogP contribution in [0.1, 0.15) is 13.8 Å². The van der Waals surface area contributed by atoms with E-state index in [1.54, 1.807) is 0 Å². The highest BCUT2D eigenvalue weighted by atomic mass is 32.2. The van der Waals surface area contributed by atoms with Gasteiger partial charge in [0.1, 0.15) is 0 Å². The normalized spacial score (nSPS) is 12.0. The van der Waals surface area contributed by atoms with E-state index in [-0.39, 0.29) is 22.7 Å². The Labute approximate surface area is 142 Å². The van der Waals surface area contributed by atoms with Crippen molar-refractivity contribution in [3.05, 3.63) is 23.8 Å². The molecule has 0 aliphatic rings. The van der Waals surface area contributed by atoms with Gasteiger partial charge >= 0.3 is 16.1 Å². The van der Waals surface area contributed by atoms with Crippen LogP contribution in [0.5, 0.6) is 6.01 Å². The molecule has 0 unspecified atom stereocenters. The Balaban J connectivity index is 2.44. The number of nitrogens with zero attached hydrogens (tertiary/aromatic N) is 5. The van der Waals surface area contributed by atoms with Crippen molar-refractivity contribution in [1.82, 2.24) is 19.6 Å². The van der Waals surface area contributed by atoms with Crippen molar-refractivity contribution in [2.75, 3.05) is 24.2 Å². The number of aromatic nitrogens is 4.